The van der Waals surface area contributed by atoms with Crippen molar-refractivity contribution in [2.75, 3.05) is 30.9 Å². The third-order valence-electron chi connectivity index (χ3n) is 4.73. The molecular weight excluding hydrogens is 400 g/mol. The Morgan fingerprint density at radius 3 is 2.57 bits per heavy atom. The molecule has 148 valence electrons. The minimum atomic E-state index is -3.86. The Morgan fingerprint density at radius 1 is 1.07 bits per heavy atom. The molecule has 4 rings (SSSR count). The summed E-state index contributed by atoms with van der Waals surface area (Å²) < 4.78 is 38.8. The van der Waals surface area contributed by atoms with Crippen LogP contribution in [0, 0.1) is 0 Å². The molecule has 0 spiro atoms. The Labute approximate surface area is 168 Å². The zero-order chi connectivity index (χ0) is 19.7. The molecule has 0 unspecified atom stereocenters. The summed E-state index contributed by atoms with van der Waals surface area (Å²) >= 11 is 1.43. The van der Waals surface area contributed by atoms with Gasteiger partial charge in [0.2, 0.25) is 6.79 Å². The van der Waals surface area contributed by atoms with E-state index < -0.39 is 10.0 Å². The van der Waals surface area contributed by atoms with Crippen LogP contribution in [-0.2, 0) is 10.0 Å². The van der Waals surface area contributed by atoms with Crippen LogP contribution < -0.4 is 14.2 Å². The van der Waals surface area contributed by atoms with Gasteiger partial charge in [-0.15, -0.1) is 11.8 Å². The van der Waals surface area contributed by atoms with Crippen LogP contribution in [0.4, 0.5) is 5.69 Å². The number of anilines is 1. The molecule has 2 heterocycles. The molecule has 0 aromatic heterocycles. The van der Waals surface area contributed by atoms with Crippen LogP contribution in [0.5, 0.6) is 11.5 Å². The molecule has 0 atom stereocenters. The zero-order valence-corrected chi connectivity index (χ0v) is 16.9. The third-order valence-corrected chi connectivity index (χ3v) is 6.90. The fourth-order valence-corrected chi connectivity index (χ4v) is 4.93. The molecule has 1 saturated heterocycles. The van der Waals surface area contributed by atoms with Gasteiger partial charge >= 0.3 is 0 Å². The first kappa shape index (κ1) is 18.9. The highest BCUT2D eigenvalue weighted by Gasteiger charge is 2.25. The van der Waals surface area contributed by atoms with E-state index in [1.165, 1.54) is 23.9 Å². The molecule has 2 aromatic rings. The average Bonchev–Trinajstić information content (AvgIpc) is 3.38. The number of hydrogen-bond donors (Lipinski definition) is 1. The first-order chi connectivity index (χ1) is 13.5. The van der Waals surface area contributed by atoms with Crippen molar-refractivity contribution in [3.8, 4) is 11.5 Å². The van der Waals surface area contributed by atoms with Gasteiger partial charge in [0.25, 0.3) is 15.9 Å². The van der Waals surface area contributed by atoms with Gasteiger partial charge in [-0.2, -0.15) is 0 Å². The molecule has 0 bridgehead atoms. The zero-order valence-electron chi connectivity index (χ0n) is 15.3. The number of hydrogen-bond acceptors (Lipinski definition) is 6. The number of fused-ring (bicyclic) bond motifs is 1. The Bertz CT molecular complexity index is 1020. The van der Waals surface area contributed by atoms with E-state index in [0.29, 0.717) is 35.8 Å². The van der Waals surface area contributed by atoms with E-state index >= 15 is 0 Å². The number of carbonyl (C=O) groups excluding carboxylic acids is 1. The van der Waals surface area contributed by atoms with Crippen molar-refractivity contribution in [2.45, 2.75) is 22.6 Å². The number of benzene rings is 2. The molecule has 1 amide bonds. The van der Waals surface area contributed by atoms with Gasteiger partial charge in [-0.05, 0) is 49.4 Å². The molecule has 2 aromatic carbocycles. The highest BCUT2D eigenvalue weighted by molar-refractivity contribution is 7.98. The monoisotopic (exact) mass is 420 g/mol. The van der Waals surface area contributed by atoms with Crippen LogP contribution in [0.25, 0.3) is 0 Å². The lowest BCUT2D eigenvalue weighted by atomic mass is 10.2. The number of ether oxygens (including phenoxy) is 2. The molecule has 0 radical (unpaired) electrons. The number of rotatable bonds is 5. The van der Waals surface area contributed by atoms with Gasteiger partial charge in [0.1, 0.15) is 0 Å². The summed E-state index contributed by atoms with van der Waals surface area (Å²) in [6, 6.07) is 9.50. The smallest absolute Gasteiger partial charge is 0.261 e. The fraction of sp³-hybridized carbons (Fsp3) is 0.316. The van der Waals surface area contributed by atoms with Gasteiger partial charge in [-0.3, -0.25) is 9.52 Å². The van der Waals surface area contributed by atoms with Crippen molar-refractivity contribution in [1.82, 2.24) is 4.90 Å². The number of nitrogens with one attached hydrogen (secondary N) is 1. The highest BCUT2D eigenvalue weighted by atomic mass is 32.2. The van der Waals surface area contributed by atoms with Crippen LogP contribution in [0.3, 0.4) is 0 Å². The number of nitrogens with zero attached hydrogens (tertiary/aromatic N) is 1. The summed E-state index contributed by atoms with van der Waals surface area (Å²) in [5.41, 5.74) is 0.786. The van der Waals surface area contributed by atoms with Crippen molar-refractivity contribution in [3.05, 3.63) is 42.0 Å². The van der Waals surface area contributed by atoms with Crippen molar-refractivity contribution >= 4 is 33.4 Å². The molecule has 2 aliphatic rings. The third kappa shape index (κ3) is 3.64. The fourth-order valence-electron chi connectivity index (χ4n) is 3.29. The maximum atomic E-state index is 12.9. The molecule has 1 fully saturated rings. The molecule has 2 aliphatic heterocycles. The Morgan fingerprint density at radius 2 is 1.82 bits per heavy atom. The van der Waals surface area contributed by atoms with E-state index in [-0.39, 0.29) is 17.6 Å². The van der Waals surface area contributed by atoms with Gasteiger partial charge in [-0.25, -0.2) is 8.42 Å². The predicted octanol–water partition coefficient (Wildman–Crippen LogP) is 3.17. The summed E-state index contributed by atoms with van der Waals surface area (Å²) in [6.07, 6.45) is 3.82. The quantitative estimate of drug-likeness (QED) is 0.748. The number of sulfonamides is 1. The van der Waals surface area contributed by atoms with Gasteiger partial charge in [0.15, 0.2) is 11.5 Å². The minimum absolute atomic E-state index is 0.0468. The van der Waals surface area contributed by atoms with E-state index in [0.717, 1.165) is 17.7 Å². The van der Waals surface area contributed by atoms with Crippen molar-refractivity contribution in [2.24, 2.45) is 0 Å². The second-order valence-electron chi connectivity index (χ2n) is 6.53. The van der Waals surface area contributed by atoms with Crippen LogP contribution >= 0.6 is 11.8 Å². The second kappa shape index (κ2) is 7.56. The molecule has 0 saturated carbocycles. The Kier molecular flexibility index (Phi) is 5.11. The molecular formula is C19H20N2O5S2. The average molecular weight is 421 g/mol. The minimum Gasteiger partial charge on any atom is -0.454 e. The summed E-state index contributed by atoms with van der Waals surface area (Å²) in [6.45, 7) is 1.53. The van der Waals surface area contributed by atoms with Crippen LogP contribution in [0.1, 0.15) is 23.2 Å². The lowest BCUT2D eigenvalue weighted by molar-refractivity contribution is 0.0789. The first-order valence-corrected chi connectivity index (χ1v) is 11.6. The van der Waals surface area contributed by atoms with E-state index in [2.05, 4.69) is 4.72 Å². The number of thioether (sulfide) groups is 1. The van der Waals surface area contributed by atoms with E-state index in [1.807, 2.05) is 6.26 Å². The standard InChI is InChI=1S/C19H20N2O5S2/c1-27-18-7-5-14(11-15(18)19(22)21-8-2-3-9-21)28(23,24)20-13-4-6-16-17(10-13)26-12-25-16/h4-7,10-11,20H,2-3,8-9,12H2,1H3. The summed E-state index contributed by atoms with van der Waals surface area (Å²) in [7, 11) is -3.86. The Hall–Kier alpha value is -2.39. The maximum absolute atomic E-state index is 12.9. The van der Waals surface area contributed by atoms with Gasteiger partial charge in [0, 0.05) is 24.1 Å². The normalized spacial score (nSPS) is 15.7. The predicted molar refractivity (Wildman–Crippen MR) is 107 cm³/mol. The van der Waals surface area contributed by atoms with Crippen LogP contribution in [0.15, 0.2) is 46.2 Å². The summed E-state index contributed by atoms with van der Waals surface area (Å²) in [4.78, 5) is 15.4. The van der Waals surface area contributed by atoms with Gasteiger partial charge in [0.05, 0.1) is 16.1 Å². The second-order valence-corrected chi connectivity index (χ2v) is 9.07. The van der Waals surface area contributed by atoms with Crippen LogP contribution in [0.2, 0.25) is 0 Å². The molecule has 1 N–H and O–H groups in total. The topological polar surface area (TPSA) is 84.9 Å². The number of carbonyl (C=O) groups is 1. The molecule has 9 heteroatoms. The van der Waals surface area contributed by atoms with Crippen LogP contribution in [-0.4, -0.2) is 45.4 Å². The van der Waals surface area contributed by atoms with E-state index in [4.69, 9.17) is 9.47 Å². The molecule has 28 heavy (non-hydrogen) atoms. The number of amides is 1. The van der Waals surface area contributed by atoms with Crippen molar-refractivity contribution in [1.29, 1.82) is 0 Å². The number of likely N-dealkylation sites (tertiary alicyclic amines) is 1. The lowest BCUT2D eigenvalue weighted by Gasteiger charge is -2.18. The highest BCUT2D eigenvalue weighted by Crippen LogP contribution is 2.35. The molecule has 0 aliphatic carbocycles. The summed E-state index contributed by atoms with van der Waals surface area (Å²) in [5, 5.41) is 0. The lowest BCUT2D eigenvalue weighted by Crippen LogP contribution is -2.28. The van der Waals surface area contributed by atoms with Crippen molar-refractivity contribution in [3.63, 3.8) is 0 Å². The largest absolute Gasteiger partial charge is 0.454 e. The van der Waals surface area contributed by atoms with Gasteiger partial charge in [-0.1, -0.05) is 0 Å². The first-order valence-electron chi connectivity index (χ1n) is 8.88. The Balaban J connectivity index is 1.63. The summed E-state index contributed by atoms with van der Waals surface area (Å²) in [5.74, 6) is 0.940. The maximum Gasteiger partial charge on any atom is 0.261 e. The molecule has 7 nitrogen and oxygen atoms in total. The van der Waals surface area contributed by atoms with Crippen molar-refractivity contribution < 1.29 is 22.7 Å². The van der Waals surface area contributed by atoms with E-state index in [1.54, 1.807) is 29.2 Å². The van der Waals surface area contributed by atoms with Gasteiger partial charge < -0.3 is 14.4 Å². The van der Waals surface area contributed by atoms with E-state index in [9.17, 15) is 13.2 Å². The SMILES string of the molecule is CSc1ccc(S(=O)(=O)Nc2ccc3c(c2)OCO3)cc1C(=O)N1CCCC1.